The Balaban J connectivity index is 1.77. The van der Waals surface area contributed by atoms with Gasteiger partial charge >= 0.3 is 0 Å². The summed E-state index contributed by atoms with van der Waals surface area (Å²) in [4.78, 5) is 0. The molecule has 0 aromatic carbocycles. The molecule has 0 N–H and O–H groups in total. The molecule has 0 amide bonds. The van der Waals surface area contributed by atoms with Crippen LogP contribution in [0.1, 0.15) is 32.6 Å². The van der Waals surface area contributed by atoms with E-state index in [0.717, 1.165) is 29.6 Å². The topological polar surface area (TPSA) is 0 Å². The van der Waals surface area contributed by atoms with Crippen molar-refractivity contribution in [2.75, 3.05) is 0 Å². The van der Waals surface area contributed by atoms with Crippen LogP contribution in [0.4, 0.5) is 0 Å². The molecule has 0 heterocycles. The van der Waals surface area contributed by atoms with Crippen molar-refractivity contribution in [2.24, 2.45) is 35.5 Å². The van der Waals surface area contributed by atoms with Gasteiger partial charge in [-0.2, -0.15) is 0 Å². The molecule has 0 spiro atoms. The Hall–Kier alpha value is -0.260. The number of allylic oxidation sites excluding steroid dienone is 2. The second kappa shape index (κ2) is 2.04. The monoisotopic (exact) mass is 174 g/mol. The van der Waals surface area contributed by atoms with E-state index in [9.17, 15) is 0 Å². The van der Waals surface area contributed by atoms with E-state index in [2.05, 4.69) is 13.0 Å². The second-order valence-electron chi connectivity index (χ2n) is 5.85. The Morgan fingerprint density at radius 1 is 1.15 bits per heavy atom. The highest BCUT2D eigenvalue weighted by Crippen LogP contribution is 2.71. The highest BCUT2D eigenvalue weighted by atomic mass is 14.7. The van der Waals surface area contributed by atoms with Crippen LogP contribution < -0.4 is 0 Å². The van der Waals surface area contributed by atoms with Crippen molar-refractivity contribution in [1.29, 1.82) is 0 Å². The molecule has 0 aromatic rings. The predicted octanol–water partition coefficient (Wildman–Crippen LogP) is 3.24. The van der Waals surface area contributed by atoms with Crippen LogP contribution in [0.5, 0.6) is 0 Å². The molecule has 0 nitrogen and oxygen atoms in total. The standard InChI is InChI=1S/C13H18/c1-7-3-2-4-8-9-5-10(9)11-6-12(11)13(7)8/h4,7,9-13H,2-3,5-6H2,1H3. The summed E-state index contributed by atoms with van der Waals surface area (Å²) in [6, 6.07) is 0. The molecule has 13 heavy (non-hydrogen) atoms. The number of rotatable bonds is 0. The van der Waals surface area contributed by atoms with E-state index in [0.29, 0.717) is 0 Å². The summed E-state index contributed by atoms with van der Waals surface area (Å²) in [5.74, 6) is 6.63. The van der Waals surface area contributed by atoms with Crippen LogP contribution >= 0.6 is 0 Å². The highest BCUT2D eigenvalue weighted by molar-refractivity contribution is 5.31. The van der Waals surface area contributed by atoms with Gasteiger partial charge in [0.2, 0.25) is 0 Å². The minimum Gasteiger partial charge on any atom is -0.0847 e. The van der Waals surface area contributed by atoms with Crippen LogP contribution in [-0.4, -0.2) is 0 Å². The Morgan fingerprint density at radius 2 is 2.08 bits per heavy atom. The van der Waals surface area contributed by atoms with Gasteiger partial charge in [-0.25, -0.2) is 0 Å². The normalized spacial score (nSPS) is 61.5. The molecule has 70 valence electrons. The second-order valence-corrected chi connectivity index (χ2v) is 5.85. The van der Waals surface area contributed by atoms with Gasteiger partial charge in [0.05, 0.1) is 0 Å². The van der Waals surface area contributed by atoms with Crippen molar-refractivity contribution < 1.29 is 0 Å². The van der Waals surface area contributed by atoms with Crippen LogP contribution in [0, 0.1) is 35.5 Å². The lowest BCUT2D eigenvalue weighted by Gasteiger charge is -2.33. The first-order valence-corrected chi connectivity index (χ1v) is 6.06. The number of fused-ring (bicyclic) bond motifs is 6. The first-order chi connectivity index (χ1) is 6.36. The van der Waals surface area contributed by atoms with Crippen LogP contribution in [0.2, 0.25) is 0 Å². The first kappa shape index (κ1) is 7.09. The van der Waals surface area contributed by atoms with Gasteiger partial charge in [-0.3, -0.25) is 0 Å². The fourth-order valence-corrected chi connectivity index (χ4v) is 4.44. The van der Waals surface area contributed by atoms with Crippen molar-refractivity contribution in [2.45, 2.75) is 32.6 Å². The predicted molar refractivity (Wildman–Crippen MR) is 53.2 cm³/mol. The highest BCUT2D eigenvalue weighted by Gasteiger charge is 2.63. The molecule has 4 aliphatic rings. The largest absolute Gasteiger partial charge is 0.0847 e. The summed E-state index contributed by atoms with van der Waals surface area (Å²) in [5.41, 5.74) is 1.92. The molecule has 0 saturated heterocycles. The van der Waals surface area contributed by atoms with Gasteiger partial charge < -0.3 is 0 Å². The fourth-order valence-electron chi connectivity index (χ4n) is 4.44. The number of hydrogen-bond donors (Lipinski definition) is 0. The average molecular weight is 174 g/mol. The lowest BCUT2D eigenvalue weighted by atomic mass is 9.71. The van der Waals surface area contributed by atoms with Gasteiger partial charge in [-0.1, -0.05) is 18.6 Å². The quantitative estimate of drug-likeness (QED) is 0.494. The Labute approximate surface area is 80.4 Å². The molecule has 0 radical (unpaired) electrons. The summed E-state index contributed by atoms with van der Waals surface area (Å²) in [6.45, 7) is 2.50. The lowest BCUT2D eigenvalue weighted by Crippen LogP contribution is -2.25. The molecular weight excluding hydrogens is 156 g/mol. The molecule has 4 rings (SSSR count). The van der Waals surface area contributed by atoms with Crippen LogP contribution in [0.25, 0.3) is 0 Å². The minimum absolute atomic E-state index is 1.01. The summed E-state index contributed by atoms with van der Waals surface area (Å²) in [7, 11) is 0. The van der Waals surface area contributed by atoms with E-state index in [1.165, 1.54) is 18.8 Å². The third kappa shape index (κ3) is 0.782. The molecule has 0 aliphatic heterocycles. The zero-order chi connectivity index (χ0) is 8.58. The van der Waals surface area contributed by atoms with E-state index in [1.54, 1.807) is 12.8 Å². The van der Waals surface area contributed by atoms with Crippen LogP contribution in [-0.2, 0) is 0 Å². The van der Waals surface area contributed by atoms with Gasteiger partial charge in [-0.05, 0) is 61.2 Å². The lowest BCUT2D eigenvalue weighted by molar-refractivity contribution is 0.280. The summed E-state index contributed by atoms with van der Waals surface area (Å²) in [6.07, 6.45) is 8.62. The van der Waals surface area contributed by atoms with Crippen molar-refractivity contribution in [3.05, 3.63) is 11.6 Å². The van der Waals surface area contributed by atoms with E-state index in [-0.39, 0.29) is 0 Å². The summed E-state index contributed by atoms with van der Waals surface area (Å²) in [5, 5.41) is 0. The Kier molecular flexibility index (Phi) is 1.11. The minimum atomic E-state index is 1.01. The molecule has 6 unspecified atom stereocenters. The fraction of sp³-hybridized carbons (Fsp3) is 0.846. The Morgan fingerprint density at radius 3 is 3.00 bits per heavy atom. The molecule has 6 atom stereocenters. The zero-order valence-electron chi connectivity index (χ0n) is 8.37. The van der Waals surface area contributed by atoms with Crippen molar-refractivity contribution in [1.82, 2.24) is 0 Å². The Bertz CT molecular complexity index is 288. The third-order valence-electron chi connectivity index (χ3n) is 5.17. The smallest absolute Gasteiger partial charge is 0.0143 e. The van der Waals surface area contributed by atoms with Crippen molar-refractivity contribution >= 4 is 0 Å². The molecule has 0 aromatic heterocycles. The zero-order valence-corrected chi connectivity index (χ0v) is 8.37. The first-order valence-electron chi connectivity index (χ1n) is 6.06. The van der Waals surface area contributed by atoms with Gasteiger partial charge in [0, 0.05) is 0 Å². The molecule has 0 bridgehead atoms. The SMILES string of the molecule is CC1CCC=C2C3CC3C3CC3C21. The average Bonchev–Trinajstić information content (AvgIpc) is 2.98. The van der Waals surface area contributed by atoms with Crippen molar-refractivity contribution in [3.63, 3.8) is 0 Å². The summed E-state index contributed by atoms with van der Waals surface area (Å²) < 4.78 is 0. The van der Waals surface area contributed by atoms with E-state index in [1.807, 2.05) is 5.57 Å². The van der Waals surface area contributed by atoms with E-state index in [4.69, 9.17) is 0 Å². The van der Waals surface area contributed by atoms with Gasteiger partial charge in [0.15, 0.2) is 0 Å². The van der Waals surface area contributed by atoms with E-state index >= 15 is 0 Å². The summed E-state index contributed by atoms with van der Waals surface area (Å²) >= 11 is 0. The van der Waals surface area contributed by atoms with Gasteiger partial charge in [-0.15, -0.1) is 0 Å². The number of hydrogen-bond acceptors (Lipinski definition) is 0. The van der Waals surface area contributed by atoms with Gasteiger partial charge in [0.25, 0.3) is 0 Å². The molecule has 4 aliphatic carbocycles. The maximum Gasteiger partial charge on any atom is -0.0143 e. The van der Waals surface area contributed by atoms with Crippen LogP contribution in [0.15, 0.2) is 11.6 Å². The molecular formula is C13H18. The maximum absolute atomic E-state index is 2.61. The van der Waals surface area contributed by atoms with Crippen LogP contribution in [0.3, 0.4) is 0 Å². The van der Waals surface area contributed by atoms with Crippen molar-refractivity contribution in [3.8, 4) is 0 Å². The third-order valence-corrected chi connectivity index (χ3v) is 5.17. The maximum atomic E-state index is 2.61. The molecule has 3 saturated carbocycles. The van der Waals surface area contributed by atoms with Gasteiger partial charge in [0.1, 0.15) is 0 Å². The molecule has 3 fully saturated rings. The van der Waals surface area contributed by atoms with E-state index < -0.39 is 0 Å². The molecule has 0 heteroatoms.